The van der Waals surface area contributed by atoms with Crippen molar-refractivity contribution in [1.82, 2.24) is 9.62 Å². The summed E-state index contributed by atoms with van der Waals surface area (Å²) in [5, 5.41) is 2.90. The summed E-state index contributed by atoms with van der Waals surface area (Å²) in [5.41, 5.74) is 3.19. The summed E-state index contributed by atoms with van der Waals surface area (Å²) in [5.74, 6) is -0.0226. The Morgan fingerprint density at radius 1 is 0.960 bits per heavy atom. The number of carbonyl (C=O) groups is 1. The first kappa shape index (κ1) is 19.1. The van der Waals surface area contributed by atoms with Crippen LogP contribution in [0.15, 0.2) is 53.4 Å². The molecular formula is C19H24N2O3S. The molecule has 0 heterocycles. The van der Waals surface area contributed by atoms with Gasteiger partial charge in [0, 0.05) is 27.1 Å². The second-order valence-corrected chi connectivity index (χ2v) is 8.35. The molecule has 0 saturated heterocycles. The molecule has 2 aromatic rings. The third kappa shape index (κ3) is 5.41. The molecule has 5 nitrogen and oxygen atoms in total. The molecule has 0 aliphatic carbocycles. The van der Waals surface area contributed by atoms with Gasteiger partial charge in [-0.1, -0.05) is 42.0 Å². The normalized spacial score (nSPS) is 11.5. The van der Waals surface area contributed by atoms with Gasteiger partial charge in [-0.05, 0) is 36.6 Å². The van der Waals surface area contributed by atoms with Crippen molar-refractivity contribution in [1.29, 1.82) is 0 Å². The lowest BCUT2D eigenvalue weighted by Gasteiger charge is -2.11. The van der Waals surface area contributed by atoms with Crippen LogP contribution in [0.4, 0.5) is 0 Å². The van der Waals surface area contributed by atoms with Crippen molar-refractivity contribution < 1.29 is 13.2 Å². The highest BCUT2D eigenvalue weighted by Gasteiger charge is 2.16. The van der Waals surface area contributed by atoms with Crippen molar-refractivity contribution in [3.05, 3.63) is 65.2 Å². The number of carbonyl (C=O) groups excluding carboxylic acids is 1. The van der Waals surface area contributed by atoms with E-state index in [4.69, 9.17) is 0 Å². The Hall–Kier alpha value is -2.18. The average molecular weight is 360 g/mol. The lowest BCUT2D eigenvalue weighted by atomic mass is 10.1. The number of benzene rings is 2. The molecule has 0 aliphatic rings. The molecule has 134 valence electrons. The standard InChI is InChI=1S/C19H24N2O3S/c1-15-4-6-17(7-5-15)14-20-19(22)13-10-16-8-11-18(12-9-16)25(23,24)21(2)3/h4-9,11-12H,10,13-14H2,1-3H3,(H,20,22). The Bertz CT molecular complexity index is 811. The molecule has 0 spiro atoms. The molecule has 0 bridgehead atoms. The van der Waals surface area contributed by atoms with Gasteiger partial charge in [0.1, 0.15) is 0 Å². The first-order valence-electron chi connectivity index (χ1n) is 8.13. The first-order chi connectivity index (χ1) is 11.8. The van der Waals surface area contributed by atoms with Crippen LogP contribution in [-0.2, 0) is 27.8 Å². The fraction of sp³-hybridized carbons (Fsp3) is 0.316. The van der Waals surface area contributed by atoms with Gasteiger partial charge in [-0.25, -0.2) is 12.7 Å². The lowest BCUT2D eigenvalue weighted by molar-refractivity contribution is -0.121. The zero-order chi connectivity index (χ0) is 18.4. The Labute approximate surface area is 149 Å². The van der Waals surface area contributed by atoms with Crippen molar-refractivity contribution in [3.63, 3.8) is 0 Å². The summed E-state index contributed by atoms with van der Waals surface area (Å²) in [6.07, 6.45) is 0.938. The molecule has 0 fully saturated rings. The Morgan fingerprint density at radius 3 is 2.08 bits per heavy atom. The van der Waals surface area contributed by atoms with Gasteiger partial charge in [0.05, 0.1) is 4.90 Å². The largest absolute Gasteiger partial charge is 0.352 e. The smallest absolute Gasteiger partial charge is 0.242 e. The molecule has 25 heavy (non-hydrogen) atoms. The molecular weight excluding hydrogens is 336 g/mol. The highest BCUT2D eigenvalue weighted by Crippen LogP contribution is 2.14. The number of nitrogens with zero attached hydrogens (tertiary/aromatic N) is 1. The third-order valence-corrected chi connectivity index (χ3v) is 5.78. The van der Waals surface area contributed by atoms with Crippen LogP contribution in [0, 0.1) is 6.92 Å². The fourth-order valence-corrected chi connectivity index (χ4v) is 3.19. The summed E-state index contributed by atoms with van der Waals surface area (Å²) in [4.78, 5) is 12.2. The molecule has 6 heteroatoms. The van der Waals surface area contributed by atoms with Crippen molar-refractivity contribution >= 4 is 15.9 Å². The number of nitrogens with one attached hydrogen (secondary N) is 1. The zero-order valence-electron chi connectivity index (χ0n) is 14.8. The molecule has 0 unspecified atom stereocenters. The van der Waals surface area contributed by atoms with E-state index >= 15 is 0 Å². The fourth-order valence-electron chi connectivity index (χ4n) is 2.29. The van der Waals surface area contributed by atoms with E-state index in [0.29, 0.717) is 19.4 Å². The topological polar surface area (TPSA) is 66.5 Å². The van der Waals surface area contributed by atoms with Gasteiger partial charge in [0.2, 0.25) is 15.9 Å². The maximum atomic E-state index is 12.0. The highest BCUT2D eigenvalue weighted by molar-refractivity contribution is 7.89. The van der Waals surface area contributed by atoms with E-state index < -0.39 is 10.0 Å². The predicted octanol–water partition coefficient (Wildman–Crippen LogP) is 2.49. The van der Waals surface area contributed by atoms with E-state index in [-0.39, 0.29) is 10.8 Å². The van der Waals surface area contributed by atoms with Crippen molar-refractivity contribution in [3.8, 4) is 0 Å². The van der Waals surface area contributed by atoms with Crippen LogP contribution in [-0.4, -0.2) is 32.7 Å². The van der Waals surface area contributed by atoms with E-state index in [1.807, 2.05) is 31.2 Å². The highest BCUT2D eigenvalue weighted by atomic mass is 32.2. The number of amides is 1. The molecule has 1 N–H and O–H groups in total. The zero-order valence-corrected chi connectivity index (χ0v) is 15.6. The Balaban J connectivity index is 1.84. The van der Waals surface area contributed by atoms with Crippen LogP contribution >= 0.6 is 0 Å². The number of rotatable bonds is 7. The average Bonchev–Trinajstić information content (AvgIpc) is 2.59. The first-order valence-corrected chi connectivity index (χ1v) is 9.57. The van der Waals surface area contributed by atoms with E-state index in [1.165, 1.54) is 24.0 Å². The van der Waals surface area contributed by atoms with Crippen LogP contribution in [0.1, 0.15) is 23.1 Å². The molecule has 2 rings (SSSR count). The molecule has 1 amide bonds. The van der Waals surface area contributed by atoms with Crippen LogP contribution in [0.2, 0.25) is 0 Å². The predicted molar refractivity (Wildman–Crippen MR) is 98.7 cm³/mol. The maximum absolute atomic E-state index is 12.0. The van der Waals surface area contributed by atoms with Gasteiger partial charge < -0.3 is 5.32 Å². The van der Waals surface area contributed by atoms with Gasteiger partial charge in [0.15, 0.2) is 0 Å². The number of aryl methyl sites for hydroxylation is 2. The SMILES string of the molecule is Cc1ccc(CNC(=O)CCc2ccc(S(=O)(=O)N(C)C)cc2)cc1. The summed E-state index contributed by atoms with van der Waals surface area (Å²) in [6, 6.07) is 14.7. The second kappa shape index (κ2) is 8.27. The minimum absolute atomic E-state index is 0.0226. The summed E-state index contributed by atoms with van der Waals surface area (Å²) in [7, 11) is -0.410. The maximum Gasteiger partial charge on any atom is 0.242 e. The van der Waals surface area contributed by atoms with E-state index in [1.54, 1.807) is 24.3 Å². The number of sulfonamides is 1. The van der Waals surface area contributed by atoms with Gasteiger partial charge in [-0.15, -0.1) is 0 Å². The van der Waals surface area contributed by atoms with Gasteiger partial charge in [0.25, 0.3) is 0 Å². The third-order valence-electron chi connectivity index (χ3n) is 3.95. The monoisotopic (exact) mass is 360 g/mol. The van der Waals surface area contributed by atoms with Crippen molar-refractivity contribution in [2.75, 3.05) is 14.1 Å². The summed E-state index contributed by atoms with van der Waals surface area (Å²) >= 11 is 0. The van der Waals surface area contributed by atoms with Crippen LogP contribution in [0.5, 0.6) is 0 Å². The van der Waals surface area contributed by atoms with E-state index in [2.05, 4.69) is 5.32 Å². The molecule has 0 radical (unpaired) electrons. The molecule has 0 aliphatic heterocycles. The van der Waals surface area contributed by atoms with Crippen molar-refractivity contribution in [2.24, 2.45) is 0 Å². The molecule has 0 aromatic heterocycles. The summed E-state index contributed by atoms with van der Waals surface area (Å²) < 4.78 is 25.2. The molecule has 0 atom stereocenters. The Kier molecular flexibility index (Phi) is 6.33. The Morgan fingerprint density at radius 2 is 1.52 bits per heavy atom. The quantitative estimate of drug-likeness (QED) is 0.825. The lowest BCUT2D eigenvalue weighted by Crippen LogP contribution is -2.23. The van der Waals surface area contributed by atoms with E-state index in [9.17, 15) is 13.2 Å². The molecule has 0 saturated carbocycles. The minimum Gasteiger partial charge on any atom is -0.352 e. The molecule has 2 aromatic carbocycles. The van der Waals surface area contributed by atoms with Crippen LogP contribution < -0.4 is 5.32 Å². The number of hydrogen-bond donors (Lipinski definition) is 1. The second-order valence-electron chi connectivity index (χ2n) is 6.19. The van der Waals surface area contributed by atoms with Gasteiger partial charge in [-0.3, -0.25) is 4.79 Å². The van der Waals surface area contributed by atoms with Crippen molar-refractivity contribution in [2.45, 2.75) is 31.2 Å². The number of hydrogen-bond acceptors (Lipinski definition) is 3. The van der Waals surface area contributed by atoms with Gasteiger partial charge in [-0.2, -0.15) is 0 Å². The van der Waals surface area contributed by atoms with E-state index in [0.717, 1.165) is 11.1 Å². The minimum atomic E-state index is -3.41. The van der Waals surface area contributed by atoms with Gasteiger partial charge >= 0.3 is 0 Å². The van der Waals surface area contributed by atoms with Crippen LogP contribution in [0.3, 0.4) is 0 Å². The summed E-state index contributed by atoms with van der Waals surface area (Å²) in [6.45, 7) is 2.54. The van der Waals surface area contributed by atoms with Crippen LogP contribution in [0.25, 0.3) is 0 Å².